The van der Waals surface area contributed by atoms with Crippen molar-refractivity contribution in [2.75, 3.05) is 38.5 Å². The van der Waals surface area contributed by atoms with Crippen LogP contribution in [-0.4, -0.2) is 53.9 Å². The number of alkyl halides is 3. The second kappa shape index (κ2) is 7.74. The van der Waals surface area contributed by atoms with Gasteiger partial charge in [-0.05, 0) is 31.3 Å². The second-order valence-electron chi connectivity index (χ2n) is 6.37. The lowest BCUT2D eigenvalue weighted by Gasteiger charge is -2.32. The number of amides is 1. The van der Waals surface area contributed by atoms with Crippen LogP contribution in [0, 0.1) is 0 Å². The largest absolute Gasteiger partial charge is 0.418 e. The number of aromatic nitrogens is 1. The van der Waals surface area contributed by atoms with E-state index in [1.165, 1.54) is 30.6 Å². The molecule has 144 valence electrons. The van der Waals surface area contributed by atoms with Gasteiger partial charge in [0.25, 0.3) is 5.91 Å². The number of nitrogens with one attached hydrogen (secondary N) is 1. The zero-order valence-corrected chi connectivity index (χ0v) is 15.3. The predicted molar refractivity (Wildman–Crippen MR) is 97.4 cm³/mol. The van der Waals surface area contributed by atoms with Gasteiger partial charge in [-0.15, -0.1) is 0 Å². The molecule has 0 unspecified atom stereocenters. The van der Waals surface area contributed by atoms with Gasteiger partial charge in [-0.2, -0.15) is 13.2 Å². The van der Waals surface area contributed by atoms with Crippen LogP contribution in [0.4, 0.5) is 24.5 Å². The van der Waals surface area contributed by atoms with E-state index in [-0.39, 0.29) is 16.6 Å². The number of carbonyl (C=O) groups is 1. The average molecular weight is 399 g/mol. The Kier molecular flexibility index (Phi) is 5.57. The van der Waals surface area contributed by atoms with Crippen molar-refractivity contribution in [3.63, 3.8) is 0 Å². The SMILES string of the molecule is CN1CCN(C(=O)c2cncc(Nc3ccc(Cl)cc3C(F)(F)F)c2)CC1. The summed E-state index contributed by atoms with van der Waals surface area (Å²) in [5.41, 5.74) is -0.418. The van der Waals surface area contributed by atoms with Crippen molar-refractivity contribution in [2.24, 2.45) is 0 Å². The minimum Gasteiger partial charge on any atom is -0.354 e. The summed E-state index contributed by atoms with van der Waals surface area (Å²) < 4.78 is 39.7. The molecule has 1 aliphatic heterocycles. The van der Waals surface area contributed by atoms with E-state index in [4.69, 9.17) is 11.6 Å². The number of carbonyl (C=O) groups excluding carboxylic acids is 1. The first kappa shape index (κ1) is 19.4. The van der Waals surface area contributed by atoms with Crippen molar-refractivity contribution >= 4 is 28.9 Å². The van der Waals surface area contributed by atoms with E-state index in [9.17, 15) is 18.0 Å². The zero-order chi connectivity index (χ0) is 19.6. The number of hydrogen-bond acceptors (Lipinski definition) is 4. The van der Waals surface area contributed by atoms with Gasteiger partial charge in [0.15, 0.2) is 0 Å². The Labute approximate surface area is 159 Å². The summed E-state index contributed by atoms with van der Waals surface area (Å²) >= 11 is 5.70. The molecule has 27 heavy (non-hydrogen) atoms. The molecule has 0 atom stereocenters. The maximum atomic E-state index is 13.2. The summed E-state index contributed by atoms with van der Waals surface area (Å²) in [6.07, 6.45) is -1.78. The molecule has 1 N–H and O–H groups in total. The van der Waals surface area contributed by atoms with Gasteiger partial charge in [0.05, 0.1) is 28.7 Å². The van der Waals surface area contributed by atoms with Crippen molar-refractivity contribution in [2.45, 2.75) is 6.18 Å². The van der Waals surface area contributed by atoms with E-state index < -0.39 is 11.7 Å². The van der Waals surface area contributed by atoms with Gasteiger partial charge in [0.1, 0.15) is 0 Å². The smallest absolute Gasteiger partial charge is 0.354 e. The Morgan fingerprint density at radius 3 is 2.52 bits per heavy atom. The number of nitrogens with zero attached hydrogens (tertiary/aromatic N) is 3. The third kappa shape index (κ3) is 4.70. The summed E-state index contributed by atoms with van der Waals surface area (Å²) in [4.78, 5) is 20.5. The predicted octanol–water partition coefficient (Wildman–Crippen LogP) is 3.89. The molecule has 1 saturated heterocycles. The summed E-state index contributed by atoms with van der Waals surface area (Å²) in [5.74, 6) is -0.189. The van der Waals surface area contributed by atoms with E-state index >= 15 is 0 Å². The van der Waals surface area contributed by atoms with Gasteiger partial charge < -0.3 is 15.1 Å². The Hall–Kier alpha value is -2.32. The van der Waals surface area contributed by atoms with E-state index in [1.54, 1.807) is 4.90 Å². The van der Waals surface area contributed by atoms with Crippen molar-refractivity contribution < 1.29 is 18.0 Å². The van der Waals surface area contributed by atoms with Gasteiger partial charge in [0.2, 0.25) is 0 Å². The number of pyridine rings is 1. The first-order valence-corrected chi connectivity index (χ1v) is 8.68. The first-order chi connectivity index (χ1) is 12.7. The third-order valence-corrected chi connectivity index (χ3v) is 4.58. The fourth-order valence-electron chi connectivity index (χ4n) is 2.83. The minimum absolute atomic E-state index is 0.00926. The molecular weight excluding hydrogens is 381 g/mol. The van der Waals surface area contributed by atoms with Gasteiger partial charge >= 0.3 is 6.18 Å². The van der Waals surface area contributed by atoms with Crippen LogP contribution >= 0.6 is 11.6 Å². The highest BCUT2D eigenvalue weighted by Crippen LogP contribution is 2.37. The molecule has 0 aliphatic carbocycles. The summed E-state index contributed by atoms with van der Waals surface area (Å²) in [5, 5.41) is 2.68. The number of piperazine rings is 1. The molecule has 1 amide bonds. The molecule has 0 saturated carbocycles. The van der Waals surface area contributed by atoms with Crippen molar-refractivity contribution in [3.8, 4) is 0 Å². The highest BCUT2D eigenvalue weighted by molar-refractivity contribution is 6.30. The molecule has 1 aromatic carbocycles. The number of anilines is 2. The summed E-state index contributed by atoms with van der Waals surface area (Å²) in [7, 11) is 1.98. The van der Waals surface area contributed by atoms with Gasteiger partial charge in [0, 0.05) is 37.4 Å². The molecule has 3 rings (SSSR count). The molecule has 0 spiro atoms. The van der Waals surface area contributed by atoms with Crippen LogP contribution in [0.15, 0.2) is 36.7 Å². The van der Waals surface area contributed by atoms with Crippen LogP contribution in [-0.2, 0) is 6.18 Å². The number of halogens is 4. The van der Waals surface area contributed by atoms with Crippen LogP contribution in [0.25, 0.3) is 0 Å². The van der Waals surface area contributed by atoms with Gasteiger partial charge in [-0.1, -0.05) is 11.6 Å². The Morgan fingerprint density at radius 2 is 1.85 bits per heavy atom. The maximum Gasteiger partial charge on any atom is 0.418 e. The third-order valence-electron chi connectivity index (χ3n) is 4.34. The first-order valence-electron chi connectivity index (χ1n) is 8.30. The maximum absolute atomic E-state index is 13.2. The van der Waals surface area contributed by atoms with Crippen LogP contribution < -0.4 is 5.32 Å². The van der Waals surface area contributed by atoms with E-state index in [0.29, 0.717) is 24.3 Å². The standard InChI is InChI=1S/C18H18ClF3N4O/c1-25-4-6-26(7-5-25)17(27)12-8-14(11-23-10-12)24-16-3-2-13(19)9-15(16)18(20,21)22/h2-3,8-11,24H,4-7H2,1H3. The molecular formula is C18H18ClF3N4O. The molecule has 1 fully saturated rings. The van der Waals surface area contributed by atoms with Gasteiger partial charge in [-0.25, -0.2) is 0 Å². The lowest BCUT2D eigenvalue weighted by molar-refractivity contribution is -0.136. The Morgan fingerprint density at radius 1 is 1.15 bits per heavy atom. The molecule has 0 bridgehead atoms. The van der Waals surface area contributed by atoms with Crippen LogP contribution in [0.2, 0.25) is 5.02 Å². The molecule has 0 radical (unpaired) electrons. The monoisotopic (exact) mass is 398 g/mol. The number of rotatable bonds is 3. The van der Waals surface area contributed by atoms with E-state index in [1.807, 2.05) is 7.05 Å². The number of hydrogen-bond donors (Lipinski definition) is 1. The van der Waals surface area contributed by atoms with Crippen LogP contribution in [0.5, 0.6) is 0 Å². The van der Waals surface area contributed by atoms with Crippen LogP contribution in [0.3, 0.4) is 0 Å². The quantitative estimate of drug-likeness (QED) is 0.852. The normalized spacial score (nSPS) is 15.7. The molecule has 2 heterocycles. The van der Waals surface area contributed by atoms with Crippen molar-refractivity contribution in [3.05, 3.63) is 52.8 Å². The molecule has 2 aromatic rings. The van der Waals surface area contributed by atoms with Crippen LogP contribution in [0.1, 0.15) is 15.9 Å². The number of benzene rings is 1. The van der Waals surface area contributed by atoms with E-state index in [2.05, 4.69) is 15.2 Å². The molecule has 5 nitrogen and oxygen atoms in total. The van der Waals surface area contributed by atoms with Gasteiger partial charge in [-0.3, -0.25) is 9.78 Å². The van der Waals surface area contributed by atoms with Crippen molar-refractivity contribution in [1.29, 1.82) is 0 Å². The summed E-state index contributed by atoms with van der Waals surface area (Å²) in [6, 6.07) is 4.98. The summed E-state index contributed by atoms with van der Waals surface area (Å²) in [6.45, 7) is 2.75. The zero-order valence-electron chi connectivity index (χ0n) is 14.6. The highest BCUT2D eigenvalue weighted by Gasteiger charge is 2.34. The molecule has 9 heteroatoms. The second-order valence-corrected chi connectivity index (χ2v) is 6.81. The fourth-order valence-corrected chi connectivity index (χ4v) is 3.00. The number of likely N-dealkylation sites (N-methyl/N-ethyl adjacent to an activating group) is 1. The lowest BCUT2D eigenvalue weighted by atomic mass is 10.1. The lowest BCUT2D eigenvalue weighted by Crippen LogP contribution is -2.47. The molecule has 1 aliphatic rings. The topological polar surface area (TPSA) is 48.5 Å². The Bertz CT molecular complexity index is 836. The van der Waals surface area contributed by atoms with Crippen molar-refractivity contribution in [1.82, 2.24) is 14.8 Å². The average Bonchev–Trinajstić information content (AvgIpc) is 2.63. The Balaban J connectivity index is 1.82. The fraction of sp³-hybridized carbons (Fsp3) is 0.333. The molecule has 1 aromatic heterocycles. The highest BCUT2D eigenvalue weighted by atomic mass is 35.5. The van der Waals surface area contributed by atoms with E-state index in [0.717, 1.165) is 19.2 Å². The minimum atomic E-state index is -4.56.